The topological polar surface area (TPSA) is 91.0 Å². The Hall–Kier alpha value is -1.35. The van der Waals surface area contributed by atoms with Crippen LogP contribution in [0.2, 0.25) is 0 Å². The zero-order chi connectivity index (χ0) is 20.5. The first-order valence-electron chi connectivity index (χ1n) is 8.74. The van der Waals surface area contributed by atoms with Gasteiger partial charge in [-0.05, 0) is 32.6 Å². The summed E-state index contributed by atoms with van der Waals surface area (Å²) >= 11 is 3.07. The van der Waals surface area contributed by atoms with Crippen LogP contribution in [0.15, 0.2) is 0 Å². The van der Waals surface area contributed by atoms with Gasteiger partial charge in [0, 0.05) is 13.1 Å². The number of halogens is 1. The van der Waals surface area contributed by atoms with Gasteiger partial charge in [-0.1, -0.05) is 43.6 Å². The second-order valence-electron chi connectivity index (χ2n) is 7.95. The number of nitrogens with one attached hydrogen (secondary N) is 2. The van der Waals surface area contributed by atoms with Gasteiger partial charge in [0.1, 0.15) is 5.60 Å². The maximum absolute atomic E-state index is 12.7. The van der Waals surface area contributed by atoms with Crippen LogP contribution in [0.25, 0.3) is 0 Å². The van der Waals surface area contributed by atoms with E-state index in [1.165, 1.54) is 10.0 Å². The molecule has 0 aliphatic carbocycles. The smallest absolute Gasteiger partial charge is 0.422 e. The van der Waals surface area contributed by atoms with E-state index in [2.05, 4.69) is 26.8 Å². The number of alkyl halides is 1. The van der Waals surface area contributed by atoms with Crippen molar-refractivity contribution < 1.29 is 19.1 Å². The molecule has 0 fully saturated rings. The Kier molecular flexibility index (Phi) is 10.8. The molecular weight excluding hydrogens is 404 g/mol. The van der Waals surface area contributed by atoms with Gasteiger partial charge < -0.3 is 4.74 Å². The number of hydrazine groups is 2. The lowest BCUT2D eigenvalue weighted by atomic mass is 10.2. The average Bonchev–Trinajstić information content (AvgIpc) is 2.42. The highest BCUT2D eigenvalue weighted by atomic mass is 79.9. The van der Waals surface area contributed by atoms with E-state index in [0.717, 1.165) is 0 Å². The summed E-state index contributed by atoms with van der Waals surface area (Å²) in [5.74, 6) is -0.237. The van der Waals surface area contributed by atoms with Gasteiger partial charge in [-0.15, -0.1) is 0 Å². The van der Waals surface area contributed by atoms with Crippen LogP contribution in [-0.2, 0) is 14.3 Å². The summed E-state index contributed by atoms with van der Waals surface area (Å²) in [7, 11) is 0. The Bertz CT molecular complexity index is 478. The predicted molar refractivity (Wildman–Crippen MR) is 104 cm³/mol. The van der Waals surface area contributed by atoms with Gasteiger partial charge in [0.25, 0.3) is 5.91 Å². The van der Waals surface area contributed by atoms with Crippen molar-refractivity contribution in [3.8, 4) is 0 Å². The highest BCUT2D eigenvalue weighted by molar-refractivity contribution is 9.09. The summed E-state index contributed by atoms with van der Waals surface area (Å²) in [6, 6.07) is 0. The molecule has 0 saturated heterocycles. The van der Waals surface area contributed by atoms with Crippen molar-refractivity contribution in [3.63, 3.8) is 0 Å². The van der Waals surface area contributed by atoms with Crippen LogP contribution in [-0.4, -0.2) is 58.5 Å². The van der Waals surface area contributed by atoms with Crippen molar-refractivity contribution >= 4 is 33.8 Å². The predicted octanol–water partition coefficient (Wildman–Crippen LogP) is 2.29. The zero-order valence-corrected chi connectivity index (χ0v) is 18.5. The van der Waals surface area contributed by atoms with Gasteiger partial charge in [-0.2, -0.15) is 0 Å². The second-order valence-corrected chi connectivity index (χ2v) is 8.52. The van der Waals surface area contributed by atoms with Crippen LogP contribution in [0.5, 0.6) is 0 Å². The first-order chi connectivity index (χ1) is 11.8. The van der Waals surface area contributed by atoms with E-state index in [4.69, 9.17) is 4.74 Å². The molecule has 0 rings (SSSR count). The average molecular weight is 437 g/mol. The number of hydrogen-bond donors (Lipinski definition) is 2. The van der Waals surface area contributed by atoms with Crippen LogP contribution in [0, 0.1) is 11.8 Å². The van der Waals surface area contributed by atoms with Crippen LogP contribution in [0.3, 0.4) is 0 Å². The number of nitrogens with zero attached hydrogens (tertiary/aromatic N) is 2. The maximum Gasteiger partial charge on any atom is 0.422 e. The van der Waals surface area contributed by atoms with Crippen molar-refractivity contribution in [2.75, 3.05) is 25.0 Å². The van der Waals surface area contributed by atoms with Crippen LogP contribution < -0.4 is 10.9 Å². The summed E-state index contributed by atoms with van der Waals surface area (Å²) in [5.41, 5.74) is 4.56. The van der Waals surface area contributed by atoms with Gasteiger partial charge >= 0.3 is 6.09 Å². The fourth-order valence-electron chi connectivity index (χ4n) is 2.02. The number of ether oxygens (including phenoxy) is 1. The molecule has 0 radical (unpaired) electrons. The Morgan fingerprint density at radius 2 is 1.54 bits per heavy atom. The third kappa shape index (κ3) is 12.1. The van der Waals surface area contributed by atoms with Crippen LogP contribution in [0.4, 0.5) is 4.79 Å². The fourth-order valence-corrected chi connectivity index (χ4v) is 2.15. The molecule has 0 atom stereocenters. The SMILES string of the molecule is CC(C)CN(CC(=O)N(CC(C)C)NC(=O)CBr)NC(=O)OC(C)(C)C. The molecule has 152 valence electrons. The summed E-state index contributed by atoms with van der Waals surface area (Å²) in [5, 5.41) is 2.90. The molecule has 0 aromatic carbocycles. The van der Waals surface area contributed by atoms with Crippen LogP contribution in [0.1, 0.15) is 48.5 Å². The first kappa shape index (κ1) is 24.7. The molecule has 26 heavy (non-hydrogen) atoms. The van der Waals surface area contributed by atoms with E-state index >= 15 is 0 Å². The molecule has 2 N–H and O–H groups in total. The molecule has 0 bridgehead atoms. The molecule has 8 nitrogen and oxygen atoms in total. The van der Waals surface area contributed by atoms with Gasteiger partial charge in [-0.25, -0.2) is 9.80 Å². The fraction of sp³-hybridized carbons (Fsp3) is 0.824. The maximum atomic E-state index is 12.7. The van der Waals surface area contributed by atoms with E-state index in [9.17, 15) is 14.4 Å². The first-order valence-corrected chi connectivity index (χ1v) is 9.86. The zero-order valence-electron chi connectivity index (χ0n) is 16.9. The summed E-state index contributed by atoms with van der Waals surface area (Å²) in [6.07, 6.45) is -0.620. The highest BCUT2D eigenvalue weighted by Gasteiger charge is 2.24. The summed E-state index contributed by atoms with van der Waals surface area (Å²) in [4.78, 5) is 36.3. The van der Waals surface area contributed by atoms with Crippen molar-refractivity contribution in [2.45, 2.75) is 54.1 Å². The monoisotopic (exact) mass is 436 g/mol. The van der Waals surface area contributed by atoms with Crippen molar-refractivity contribution in [1.29, 1.82) is 0 Å². The number of carbonyl (C=O) groups excluding carboxylic acids is 3. The molecule has 0 saturated carbocycles. The van der Waals surface area contributed by atoms with Crippen molar-refractivity contribution in [3.05, 3.63) is 0 Å². The number of amides is 3. The van der Waals surface area contributed by atoms with Gasteiger partial charge in [0.2, 0.25) is 5.91 Å². The molecule has 9 heteroatoms. The molecule has 0 aromatic heterocycles. The minimum Gasteiger partial charge on any atom is -0.443 e. The molecule has 3 amide bonds. The Morgan fingerprint density at radius 3 is 1.96 bits per heavy atom. The van der Waals surface area contributed by atoms with Crippen LogP contribution >= 0.6 is 15.9 Å². The van der Waals surface area contributed by atoms with E-state index in [0.29, 0.717) is 13.1 Å². The third-order valence-corrected chi connectivity index (χ3v) is 3.30. The second kappa shape index (κ2) is 11.4. The van der Waals surface area contributed by atoms with E-state index in [1.54, 1.807) is 20.8 Å². The molecule has 0 aliphatic rings. The lowest BCUT2D eigenvalue weighted by Gasteiger charge is -2.30. The van der Waals surface area contributed by atoms with Crippen molar-refractivity contribution in [1.82, 2.24) is 20.9 Å². The minimum atomic E-state index is -0.634. The Labute approximate surface area is 165 Å². The third-order valence-electron chi connectivity index (χ3n) is 2.79. The minimum absolute atomic E-state index is 0.0767. The molecule has 0 unspecified atom stereocenters. The van der Waals surface area contributed by atoms with E-state index < -0.39 is 11.7 Å². The van der Waals surface area contributed by atoms with Gasteiger partial charge in [-0.3, -0.25) is 25.4 Å². The van der Waals surface area contributed by atoms with E-state index in [-0.39, 0.29) is 35.5 Å². The number of rotatable bonds is 8. The van der Waals surface area contributed by atoms with Gasteiger partial charge in [0.15, 0.2) is 0 Å². The lowest BCUT2D eigenvalue weighted by molar-refractivity contribution is -0.142. The highest BCUT2D eigenvalue weighted by Crippen LogP contribution is 2.07. The molecule has 0 aliphatic heterocycles. The molecule has 0 heterocycles. The van der Waals surface area contributed by atoms with Gasteiger partial charge in [0.05, 0.1) is 11.9 Å². The Balaban J connectivity index is 5.04. The summed E-state index contributed by atoms with van der Waals surface area (Å²) < 4.78 is 5.25. The van der Waals surface area contributed by atoms with Crippen molar-refractivity contribution in [2.24, 2.45) is 11.8 Å². The van der Waals surface area contributed by atoms with E-state index in [1.807, 2.05) is 27.7 Å². The molecule has 0 spiro atoms. The molecule has 0 aromatic rings. The number of carbonyl (C=O) groups is 3. The number of hydrogen-bond acceptors (Lipinski definition) is 5. The Morgan fingerprint density at radius 1 is 1.00 bits per heavy atom. The summed E-state index contributed by atoms with van der Waals surface area (Å²) in [6.45, 7) is 13.9. The quantitative estimate of drug-likeness (QED) is 0.449. The molecular formula is C17H33BrN4O4. The normalized spacial score (nSPS) is 11.7. The largest absolute Gasteiger partial charge is 0.443 e. The lowest BCUT2D eigenvalue weighted by Crippen LogP contribution is -2.55. The standard InChI is InChI=1S/C17H33BrN4O4/c1-12(2)9-21(20-16(25)26-17(5,6)7)11-15(24)22(10-13(3)4)19-14(23)8-18/h12-13H,8-11H2,1-7H3,(H,19,23)(H,20,25).